The van der Waals surface area contributed by atoms with Crippen molar-refractivity contribution in [3.8, 4) is 0 Å². The Morgan fingerprint density at radius 1 is 1.33 bits per heavy atom. The highest BCUT2D eigenvalue weighted by atomic mass is 19.4. The van der Waals surface area contributed by atoms with Crippen LogP contribution in [0.3, 0.4) is 0 Å². The van der Waals surface area contributed by atoms with Crippen LogP contribution in [0.1, 0.15) is 33.6 Å². The molecule has 0 spiro atoms. The molecule has 2 fully saturated rings. The second-order valence-electron chi connectivity index (χ2n) is 6.24. The molecule has 3 nitrogen and oxygen atoms in total. The zero-order chi connectivity index (χ0) is 14.1. The number of fused-ring (bicyclic) bond motifs is 2. The highest BCUT2D eigenvalue weighted by Crippen LogP contribution is 2.71. The van der Waals surface area contributed by atoms with Gasteiger partial charge in [0.2, 0.25) is 11.3 Å². The average Bonchev–Trinajstić information content (AvgIpc) is 2.46. The van der Waals surface area contributed by atoms with E-state index < -0.39 is 34.2 Å². The maximum atomic E-state index is 13.4. The van der Waals surface area contributed by atoms with E-state index >= 15 is 0 Å². The number of aliphatic hydroxyl groups is 1. The first-order valence-electron chi connectivity index (χ1n) is 5.98. The Kier molecular flexibility index (Phi) is 2.43. The van der Waals surface area contributed by atoms with Crippen LogP contribution >= 0.6 is 0 Å². The SMILES string of the molecule is C/[N+]([O-])=C1\C2CC[C@](C)(C2(C)C)[C@@]1(O)C(F)(F)F. The van der Waals surface area contributed by atoms with Crippen molar-refractivity contribution in [2.24, 2.45) is 16.7 Å². The lowest BCUT2D eigenvalue weighted by Gasteiger charge is -2.44. The normalized spacial score (nSPS) is 45.4. The Balaban J connectivity index is 2.77. The fourth-order valence-corrected chi connectivity index (χ4v) is 4.07. The molecular formula is C12H18F3NO2. The van der Waals surface area contributed by atoms with Crippen molar-refractivity contribution in [3.05, 3.63) is 5.21 Å². The molecule has 0 heterocycles. The molecule has 0 saturated heterocycles. The van der Waals surface area contributed by atoms with Gasteiger partial charge in [0.25, 0.3) is 0 Å². The van der Waals surface area contributed by atoms with Crippen LogP contribution in [0.25, 0.3) is 0 Å². The molecule has 2 aliphatic rings. The van der Waals surface area contributed by atoms with Crippen molar-refractivity contribution >= 4 is 5.71 Å². The molecule has 1 unspecified atom stereocenters. The Hall–Kier alpha value is -0.780. The van der Waals surface area contributed by atoms with Gasteiger partial charge in [0.05, 0.1) is 0 Å². The zero-order valence-electron chi connectivity index (χ0n) is 10.9. The summed E-state index contributed by atoms with van der Waals surface area (Å²) < 4.78 is 40.3. The monoisotopic (exact) mass is 265 g/mol. The molecule has 2 bridgehead atoms. The third-order valence-corrected chi connectivity index (χ3v) is 5.48. The van der Waals surface area contributed by atoms with Crippen molar-refractivity contribution in [2.75, 3.05) is 7.05 Å². The number of hydroxylamine groups is 1. The van der Waals surface area contributed by atoms with E-state index in [-0.39, 0.29) is 11.2 Å². The summed E-state index contributed by atoms with van der Waals surface area (Å²) in [6.45, 7) is 4.85. The molecule has 0 aromatic rings. The summed E-state index contributed by atoms with van der Waals surface area (Å²) in [5.74, 6) is -0.517. The second-order valence-corrected chi connectivity index (χ2v) is 6.24. The summed E-state index contributed by atoms with van der Waals surface area (Å²) in [5.41, 5.74) is -5.53. The second kappa shape index (κ2) is 3.21. The highest BCUT2D eigenvalue weighted by Gasteiger charge is 2.83. The van der Waals surface area contributed by atoms with Gasteiger partial charge in [-0.25, -0.2) is 4.74 Å². The number of hydrogen-bond acceptors (Lipinski definition) is 2. The van der Waals surface area contributed by atoms with Crippen LogP contribution in [-0.2, 0) is 0 Å². The van der Waals surface area contributed by atoms with Crippen LogP contribution in [0.2, 0.25) is 0 Å². The predicted molar refractivity (Wildman–Crippen MR) is 60.2 cm³/mol. The third kappa shape index (κ3) is 1.13. The summed E-state index contributed by atoms with van der Waals surface area (Å²) in [7, 11) is 1.03. The minimum absolute atomic E-state index is 0.213. The summed E-state index contributed by atoms with van der Waals surface area (Å²) >= 11 is 0. The molecular weight excluding hydrogens is 247 g/mol. The van der Waals surface area contributed by atoms with E-state index in [4.69, 9.17) is 0 Å². The van der Waals surface area contributed by atoms with E-state index in [0.717, 1.165) is 7.05 Å². The van der Waals surface area contributed by atoms with Gasteiger partial charge in [0, 0.05) is 11.3 Å². The zero-order valence-corrected chi connectivity index (χ0v) is 10.9. The lowest BCUT2D eigenvalue weighted by molar-refractivity contribution is -0.438. The van der Waals surface area contributed by atoms with Crippen LogP contribution in [-0.4, -0.2) is 34.4 Å². The van der Waals surface area contributed by atoms with Gasteiger partial charge in [0.1, 0.15) is 7.05 Å². The molecule has 0 aromatic heterocycles. The Bertz CT molecular complexity index is 426. The fraction of sp³-hybridized carbons (Fsp3) is 0.917. The standard InChI is InChI=1S/C12H18F3NO2/c1-9(2)7-5-6-10(9,3)11(17,12(13,14)15)8(7)16(4)18/h7,17H,5-6H2,1-4H3/b16-8-/t7?,10-,11-/m1/s1. The van der Waals surface area contributed by atoms with E-state index in [9.17, 15) is 23.5 Å². The quantitative estimate of drug-likeness (QED) is 0.415. The van der Waals surface area contributed by atoms with Gasteiger partial charge < -0.3 is 10.3 Å². The molecule has 0 aromatic carbocycles. The number of alkyl halides is 3. The third-order valence-electron chi connectivity index (χ3n) is 5.48. The van der Waals surface area contributed by atoms with Gasteiger partial charge in [-0.2, -0.15) is 13.2 Å². The van der Waals surface area contributed by atoms with Crippen LogP contribution in [0.15, 0.2) is 0 Å². The molecule has 0 aliphatic heterocycles. The summed E-state index contributed by atoms with van der Waals surface area (Å²) in [6, 6.07) is 0. The van der Waals surface area contributed by atoms with Crippen molar-refractivity contribution in [1.29, 1.82) is 0 Å². The Labute approximate surface area is 104 Å². The fourth-order valence-electron chi connectivity index (χ4n) is 4.07. The number of nitrogens with zero attached hydrogens (tertiary/aromatic N) is 1. The minimum Gasteiger partial charge on any atom is -0.624 e. The molecule has 3 atom stereocenters. The molecule has 6 heteroatoms. The molecule has 0 amide bonds. The highest BCUT2D eigenvalue weighted by molar-refractivity contribution is 5.97. The lowest BCUT2D eigenvalue weighted by Crippen LogP contribution is -2.62. The summed E-state index contributed by atoms with van der Waals surface area (Å²) in [5, 5.41) is 21.9. The lowest BCUT2D eigenvalue weighted by atomic mass is 9.64. The average molecular weight is 265 g/mol. The van der Waals surface area contributed by atoms with Gasteiger partial charge in [-0.1, -0.05) is 20.8 Å². The molecule has 104 valence electrons. The van der Waals surface area contributed by atoms with E-state index in [1.54, 1.807) is 13.8 Å². The number of rotatable bonds is 0. The first kappa shape index (κ1) is 13.6. The summed E-state index contributed by atoms with van der Waals surface area (Å²) in [6.07, 6.45) is -4.04. The van der Waals surface area contributed by atoms with Crippen molar-refractivity contribution in [2.45, 2.75) is 45.4 Å². The molecule has 0 radical (unpaired) electrons. The van der Waals surface area contributed by atoms with Gasteiger partial charge in [-0.05, 0) is 18.3 Å². The molecule has 2 rings (SSSR count). The van der Waals surface area contributed by atoms with Crippen LogP contribution < -0.4 is 0 Å². The van der Waals surface area contributed by atoms with E-state index in [1.807, 2.05) is 0 Å². The maximum Gasteiger partial charge on any atom is 0.427 e. The maximum absolute atomic E-state index is 13.4. The topological polar surface area (TPSA) is 46.3 Å². The van der Waals surface area contributed by atoms with Crippen molar-refractivity contribution in [1.82, 2.24) is 0 Å². The van der Waals surface area contributed by atoms with Crippen LogP contribution in [0.5, 0.6) is 0 Å². The van der Waals surface area contributed by atoms with E-state index in [2.05, 4.69) is 0 Å². The van der Waals surface area contributed by atoms with Gasteiger partial charge >= 0.3 is 6.18 Å². The largest absolute Gasteiger partial charge is 0.624 e. The number of hydrogen-bond donors (Lipinski definition) is 1. The Morgan fingerprint density at radius 3 is 2.17 bits per heavy atom. The van der Waals surface area contributed by atoms with E-state index in [1.165, 1.54) is 6.92 Å². The van der Waals surface area contributed by atoms with Gasteiger partial charge in [0.15, 0.2) is 0 Å². The number of halogens is 3. The minimum atomic E-state index is -4.83. The van der Waals surface area contributed by atoms with Crippen molar-refractivity contribution in [3.63, 3.8) is 0 Å². The first-order valence-corrected chi connectivity index (χ1v) is 5.98. The smallest absolute Gasteiger partial charge is 0.427 e. The van der Waals surface area contributed by atoms with E-state index in [0.29, 0.717) is 6.42 Å². The van der Waals surface area contributed by atoms with Gasteiger partial charge in [-0.15, -0.1) is 0 Å². The molecule has 1 N–H and O–H groups in total. The first-order chi connectivity index (χ1) is 7.91. The van der Waals surface area contributed by atoms with Crippen molar-refractivity contribution < 1.29 is 23.0 Å². The predicted octanol–water partition coefficient (Wildman–Crippen LogP) is 2.32. The van der Waals surface area contributed by atoms with Gasteiger partial charge in [-0.3, -0.25) is 0 Å². The molecule has 2 saturated carbocycles. The Morgan fingerprint density at radius 2 is 1.83 bits per heavy atom. The molecule has 2 aliphatic carbocycles. The van der Waals surface area contributed by atoms with Crippen LogP contribution in [0, 0.1) is 22.0 Å². The van der Waals surface area contributed by atoms with Crippen LogP contribution in [0.4, 0.5) is 13.2 Å². The molecule has 18 heavy (non-hydrogen) atoms. The summed E-state index contributed by atoms with van der Waals surface area (Å²) in [4.78, 5) is 0.